The molecule has 2 aromatic carbocycles. The first-order valence-corrected chi connectivity index (χ1v) is 4.60. The minimum absolute atomic E-state index is 1.04. The number of quaternary nitrogens is 2. The molecule has 0 saturated carbocycles. The lowest BCUT2D eigenvalue weighted by Gasteiger charge is -2.00. The van der Waals surface area contributed by atoms with Gasteiger partial charge in [0.25, 0.3) is 0 Å². The van der Waals surface area contributed by atoms with Crippen molar-refractivity contribution in [2.45, 2.75) is 0 Å². The summed E-state index contributed by atoms with van der Waals surface area (Å²) in [7, 11) is 0. The Bertz CT molecular complexity index is 372. The third kappa shape index (κ3) is 1.82. The zero-order valence-electron chi connectivity index (χ0n) is 8.03. The number of hydrogen-bond acceptors (Lipinski definition) is 0. The maximum Gasteiger partial charge on any atom is 0.127 e. The van der Waals surface area contributed by atoms with Crippen LogP contribution >= 0.6 is 0 Å². The maximum atomic E-state index is 3.86. The van der Waals surface area contributed by atoms with Crippen molar-refractivity contribution in [3.63, 3.8) is 0 Å². The molecule has 6 N–H and O–H groups in total. The third-order valence-corrected chi connectivity index (χ3v) is 2.24. The first kappa shape index (κ1) is 8.94. The van der Waals surface area contributed by atoms with E-state index in [1.54, 1.807) is 0 Å². The van der Waals surface area contributed by atoms with Gasteiger partial charge in [-0.05, 0) is 59.7 Å². The molecule has 0 radical (unpaired) electrons. The summed E-state index contributed by atoms with van der Waals surface area (Å²) in [6.07, 6.45) is 0. The molecule has 0 heterocycles. The van der Waals surface area contributed by atoms with E-state index in [0.29, 0.717) is 0 Å². The van der Waals surface area contributed by atoms with Gasteiger partial charge in [-0.1, -0.05) is 0 Å². The summed E-state index contributed by atoms with van der Waals surface area (Å²) in [5, 5.41) is 0. The van der Waals surface area contributed by atoms with Crippen LogP contribution in [0.5, 0.6) is 0 Å². The van der Waals surface area contributed by atoms with Crippen molar-refractivity contribution in [3.05, 3.63) is 48.5 Å². The van der Waals surface area contributed by atoms with E-state index in [-0.39, 0.29) is 0 Å². The van der Waals surface area contributed by atoms with Crippen molar-refractivity contribution < 1.29 is 11.5 Å². The van der Waals surface area contributed by atoms with Crippen LogP contribution in [0.25, 0.3) is 11.1 Å². The van der Waals surface area contributed by atoms with Gasteiger partial charge < -0.3 is 11.5 Å². The van der Waals surface area contributed by atoms with E-state index >= 15 is 0 Å². The second-order valence-electron chi connectivity index (χ2n) is 3.39. The van der Waals surface area contributed by atoms with Gasteiger partial charge in [0.15, 0.2) is 0 Å². The Balaban J connectivity index is 2.40. The Morgan fingerprint density at radius 1 is 0.500 bits per heavy atom. The quantitative estimate of drug-likeness (QED) is 0.670. The molecule has 0 fully saturated rings. The molecule has 0 saturated heterocycles. The largest absolute Gasteiger partial charge is 0.325 e. The molecule has 2 rings (SSSR count). The zero-order valence-corrected chi connectivity index (χ0v) is 8.03. The standard InChI is InChI=1S/C12H12N2/c13-11-5-1-9(2-6-11)10-3-7-12(14)8-4-10/h1-8H,13-14H2/p+2. The van der Waals surface area contributed by atoms with Crippen molar-refractivity contribution in [2.24, 2.45) is 0 Å². The van der Waals surface area contributed by atoms with Crippen molar-refractivity contribution in [1.82, 2.24) is 0 Å². The van der Waals surface area contributed by atoms with E-state index < -0.39 is 0 Å². The first-order chi connectivity index (χ1) is 6.75. The topological polar surface area (TPSA) is 55.3 Å². The van der Waals surface area contributed by atoms with Gasteiger partial charge in [0.05, 0.1) is 0 Å². The van der Waals surface area contributed by atoms with Crippen LogP contribution in [0.4, 0.5) is 11.4 Å². The van der Waals surface area contributed by atoms with Gasteiger partial charge in [-0.3, -0.25) is 0 Å². The Hall–Kier alpha value is -1.64. The normalized spacial score (nSPS) is 10.1. The van der Waals surface area contributed by atoms with E-state index in [2.05, 4.69) is 35.7 Å². The predicted octanol–water partition coefficient (Wildman–Crippen LogP) is 1.10. The fraction of sp³-hybridized carbons (Fsp3) is 0. The number of rotatable bonds is 1. The van der Waals surface area contributed by atoms with Crippen molar-refractivity contribution in [3.8, 4) is 11.1 Å². The van der Waals surface area contributed by atoms with Crippen LogP contribution in [0, 0.1) is 0 Å². The predicted molar refractivity (Wildman–Crippen MR) is 57.0 cm³/mol. The van der Waals surface area contributed by atoms with Crippen LogP contribution in [0.2, 0.25) is 0 Å². The van der Waals surface area contributed by atoms with Gasteiger partial charge in [-0.25, -0.2) is 0 Å². The summed E-state index contributed by atoms with van der Waals surface area (Å²) >= 11 is 0. The van der Waals surface area contributed by atoms with Crippen LogP contribution in [0.15, 0.2) is 48.5 Å². The summed E-state index contributed by atoms with van der Waals surface area (Å²) < 4.78 is 0. The Morgan fingerprint density at radius 2 is 0.786 bits per heavy atom. The van der Waals surface area contributed by atoms with Gasteiger partial charge in [-0.15, -0.1) is 0 Å². The minimum atomic E-state index is 1.04. The molecule has 0 aromatic heterocycles. The zero-order chi connectivity index (χ0) is 9.97. The van der Waals surface area contributed by atoms with Crippen molar-refractivity contribution in [2.75, 3.05) is 0 Å². The molecule has 2 nitrogen and oxygen atoms in total. The minimum Gasteiger partial charge on any atom is -0.325 e. The molecule has 70 valence electrons. The Morgan fingerprint density at radius 3 is 1.07 bits per heavy atom. The lowest BCUT2D eigenvalue weighted by atomic mass is 10.1. The van der Waals surface area contributed by atoms with Gasteiger partial charge in [-0.2, -0.15) is 0 Å². The molecule has 0 atom stereocenters. The van der Waals surface area contributed by atoms with Gasteiger partial charge in [0.1, 0.15) is 11.4 Å². The molecule has 0 unspecified atom stereocenters. The van der Waals surface area contributed by atoms with Gasteiger partial charge >= 0.3 is 0 Å². The van der Waals surface area contributed by atoms with Gasteiger partial charge in [0, 0.05) is 0 Å². The number of benzene rings is 2. The molecule has 2 heteroatoms. The summed E-state index contributed by atoms with van der Waals surface area (Å²) in [4.78, 5) is 0. The van der Waals surface area contributed by atoms with E-state index in [9.17, 15) is 0 Å². The van der Waals surface area contributed by atoms with E-state index in [4.69, 9.17) is 0 Å². The molecule has 14 heavy (non-hydrogen) atoms. The summed E-state index contributed by atoms with van der Waals surface area (Å²) in [5.41, 5.74) is 12.2. The second kappa shape index (κ2) is 3.62. The first-order valence-electron chi connectivity index (χ1n) is 4.60. The highest BCUT2D eigenvalue weighted by Gasteiger charge is 1.97. The summed E-state index contributed by atoms with van der Waals surface area (Å²) in [6.45, 7) is 0. The lowest BCUT2D eigenvalue weighted by molar-refractivity contribution is -0.255. The lowest BCUT2D eigenvalue weighted by Crippen LogP contribution is -2.40. The molecule has 0 aliphatic heterocycles. The van der Waals surface area contributed by atoms with E-state index in [1.165, 1.54) is 11.1 Å². The van der Waals surface area contributed by atoms with Crippen LogP contribution in [0.3, 0.4) is 0 Å². The highest BCUT2D eigenvalue weighted by molar-refractivity contribution is 5.65. The molecule has 0 aliphatic rings. The molecule has 0 spiro atoms. The Labute approximate surface area is 83.2 Å². The highest BCUT2D eigenvalue weighted by Crippen LogP contribution is 2.20. The van der Waals surface area contributed by atoms with Crippen LogP contribution in [-0.4, -0.2) is 0 Å². The fourth-order valence-electron chi connectivity index (χ4n) is 1.39. The molecule has 0 bridgehead atoms. The number of hydrogen-bond donors (Lipinski definition) is 2. The SMILES string of the molecule is [NH3+]c1ccc(-c2ccc([NH3+])cc2)cc1. The molecular weight excluding hydrogens is 172 g/mol. The fourth-order valence-corrected chi connectivity index (χ4v) is 1.39. The van der Waals surface area contributed by atoms with Crippen molar-refractivity contribution >= 4 is 11.4 Å². The van der Waals surface area contributed by atoms with Gasteiger partial charge in [0.2, 0.25) is 0 Å². The van der Waals surface area contributed by atoms with Crippen molar-refractivity contribution in [1.29, 1.82) is 0 Å². The van der Waals surface area contributed by atoms with E-state index in [1.807, 2.05) is 24.3 Å². The van der Waals surface area contributed by atoms with Crippen LogP contribution < -0.4 is 11.5 Å². The Kier molecular flexibility index (Phi) is 2.31. The maximum absolute atomic E-state index is 3.86. The smallest absolute Gasteiger partial charge is 0.127 e. The highest BCUT2D eigenvalue weighted by atomic mass is 14.5. The van der Waals surface area contributed by atoms with Crippen LogP contribution in [-0.2, 0) is 0 Å². The molecule has 0 aliphatic carbocycles. The average molecular weight is 186 g/mol. The monoisotopic (exact) mass is 186 g/mol. The summed E-state index contributed by atoms with van der Waals surface area (Å²) in [6, 6.07) is 16.4. The third-order valence-electron chi connectivity index (χ3n) is 2.24. The van der Waals surface area contributed by atoms with Crippen LogP contribution in [0.1, 0.15) is 0 Å². The molecular formula is C12H14N2+2. The second-order valence-corrected chi connectivity index (χ2v) is 3.39. The average Bonchev–Trinajstić information content (AvgIpc) is 2.21. The molecule has 0 amide bonds. The summed E-state index contributed by atoms with van der Waals surface area (Å²) in [5.74, 6) is 0. The van der Waals surface area contributed by atoms with E-state index in [0.717, 1.165) is 11.4 Å². The molecule has 2 aromatic rings.